The highest BCUT2D eigenvalue weighted by Gasteiger charge is 2.20. The normalized spacial score (nSPS) is 12.8. The molecule has 38 heavy (non-hydrogen) atoms. The van der Waals surface area contributed by atoms with Gasteiger partial charge in [0.25, 0.3) is 0 Å². The van der Waals surface area contributed by atoms with Gasteiger partial charge in [0.15, 0.2) is 0 Å². The molecule has 4 aromatic rings. The first-order chi connectivity index (χ1) is 18.4. The Morgan fingerprint density at radius 1 is 0.447 bits per heavy atom. The molecule has 1 aliphatic rings. The van der Waals surface area contributed by atoms with Crippen LogP contribution < -0.4 is 31.6 Å². The Balaban J connectivity index is 1.18. The lowest BCUT2D eigenvalue weighted by Crippen LogP contribution is -2.21. The Bertz CT molecular complexity index is 1400. The molecule has 1 aliphatic carbocycles. The van der Waals surface area contributed by atoms with Gasteiger partial charge < -0.3 is 31.6 Å². The summed E-state index contributed by atoms with van der Waals surface area (Å²) in [6.07, 6.45) is 2.56. The third-order valence-corrected chi connectivity index (χ3v) is 5.58. The molecule has 188 valence electrons. The molecule has 0 atom stereocenters. The third-order valence-electron chi connectivity index (χ3n) is 5.58. The number of nitrogens with one attached hydrogen (secondary N) is 2. The predicted molar refractivity (Wildman–Crippen MR) is 148 cm³/mol. The molecule has 0 unspecified atom stereocenters. The number of benzene rings is 4. The lowest BCUT2D eigenvalue weighted by Gasteiger charge is -2.16. The Hall–Kier alpha value is -5.50. The van der Waals surface area contributed by atoms with E-state index in [2.05, 4.69) is 10.6 Å². The number of allylic oxidation sites excluding steroid dienone is 2. The van der Waals surface area contributed by atoms with Crippen molar-refractivity contribution in [3.63, 3.8) is 0 Å². The molecule has 0 bridgehead atoms. The van der Waals surface area contributed by atoms with Gasteiger partial charge in [-0.1, -0.05) is 0 Å². The van der Waals surface area contributed by atoms with Crippen LogP contribution in [0.2, 0.25) is 0 Å². The number of rotatable bonds is 8. The van der Waals surface area contributed by atoms with Gasteiger partial charge in [0.1, 0.15) is 23.0 Å². The van der Waals surface area contributed by atoms with Gasteiger partial charge in [0.2, 0.25) is 11.6 Å². The average molecular weight is 505 g/mol. The van der Waals surface area contributed by atoms with Gasteiger partial charge in [-0.15, -0.1) is 0 Å². The van der Waals surface area contributed by atoms with Crippen LogP contribution >= 0.6 is 0 Å². The lowest BCUT2D eigenvalue weighted by atomic mass is 10.1. The van der Waals surface area contributed by atoms with Crippen LogP contribution in [-0.2, 0) is 9.59 Å². The van der Waals surface area contributed by atoms with Gasteiger partial charge in [-0.2, -0.15) is 0 Å². The number of hydrogen-bond acceptors (Lipinski definition) is 8. The summed E-state index contributed by atoms with van der Waals surface area (Å²) in [6.45, 7) is 0. The minimum absolute atomic E-state index is 0.181. The van der Waals surface area contributed by atoms with Crippen molar-refractivity contribution in [3.8, 4) is 23.0 Å². The van der Waals surface area contributed by atoms with Crippen molar-refractivity contribution in [2.45, 2.75) is 0 Å². The van der Waals surface area contributed by atoms with Gasteiger partial charge in [-0.3, -0.25) is 9.59 Å². The van der Waals surface area contributed by atoms with Crippen LogP contribution in [0.3, 0.4) is 0 Å². The number of nitrogens with two attached hydrogens (primary N) is 2. The molecular weight excluding hydrogens is 480 g/mol. The van der Waals surface area contributed by atoms with Crippen molar-refractivity contribution in [2.75, 3.05) is 22.1 Å². The molecule has 0 aromatic heterocycles. The van der Waals surface area contributed by atoms with Crippen molar-refractivity contribution in [3.05, 3.63) is 121 Å². The molecular formula is C30H24N4O4. The molecule has 0 aliphatic heterocycles. The molecule has 0 fully saturated rings. The van der Waals surface area contributed by atoms with E-state index in [9.17, 15) is 9.59 Å². The highest BCUT2D eigenvalue weighted by Crippen LogP contribution is 2.27. The molecule has 5 rings (SSSR count). The second-order valence-corrected chi connectivity index (χ2v) is 8.49. The Morgan fingerprint density at radius 2 is 0.737 bits per heavy atom. The number of carbonyl (C=O) groups excluding carboxylic acids is 2. The smallest absolute Gasteiger partial charge is 0.204 e. The monoisotopic (exact) mass is 504 g/mol. The highest BCUT2D eigenvalue weighted by molar-refractivity contribution is 6.21. The van der Waals surface area contributed by atoms with Crippen molar-refractivity contribution < 1.29 is 19.1 Å². The number of carbonyl (C=O) groups is 2. The Morgan fingerprint density at radius 3 is 1.05 bits per heavy atom. The second kappa shape index (κ2) is 10.6. The number of nitrogen functional groups attached to an aromatic ring is 2. The maximum atomic E-state index is 12.7. The summed E-state index contributed by atoms with van der Waals surface area (Å²) < 4.78 is 11.6. The number of ether oxygens (including phenoxy) is 2. The zero-order valence-corrected chi connectivity index (χ0v) is 20.2. The lowest BCUT2D eigenvalue weighted by molar-refractivity contribution is -0.115. The molecule has 8 nitrogen and oxygen atoms in total. The van der Waals surface area contributed by atoms with E-state index in [1.165, 1.54) is 12.2 Å². The molecule has 0 saturated heterocycles. The zero-order valence-electron chi connectivity index (χ0n) is 20.2. The van der Waals surface area contributed by atoms with E-state index >= 15 is 0 Å². The first kappa shape index (κ1) is 24.2. The van der Waals surface area contributed by atoms with Crippen molar-refractivity contribution in [2.24, 2.45) is 0 Å². The van der Waals surface area contributed by atoms with Gasteiger partial charge >= 0.3 is 0 Å². The fourth-order valence-corrected chi connectivity index (χ4v) is 3.62. The van der Waals surface area contributed by atoms with Crippen molar-refractivity contribution >= 4 is 34.3 Å². The fraction of sp³-hybridized carbons (Fsp3) is 0. The molecule has 4 aromatic carbocycles. The zero-order chi connectivity index (χ0) is 26.5. The van der Waals surface area contributed by atoms with Gasteiger partial charge in [0.05, 0.1) is 11.4 Å². The van der Waals surface area contributed by atoms with Gasteiger partial charge in [-0.05, 0) is 97.1 Å². The van der Waals surface area contributed by atoms with Crippen molar-refractivity contribution in [1.29, 1.82) is 0 Å². The summed E-state index contributed by atoms with van der Waals surface area (Å²) in [6, 6.07) is 28.2. The molecule has 0 amide bonds. The van der Waals surface area contributed by atoms with E-state index in [0.29, 0.717) is 45.7 Å². The van der Waals surface area contributed by atoms with Gasteiger partial charge in [0, 0.05) is 34.9 Å². The SMILES string of the molecule is Nc1ccc(Oc2ccc(NC3=CC(=O)C(Nc4ccc(Oc5ccc(N)cc5)cc4)=CC3=O)cc2)cc1. The van der Waals surface area contributed by atoms with Crippen LogP contribution in [0.25, 0.3) is 0 Å². The van der Waals surface area contributed by atoms with Gasteiger partial charge in [-0.25, -0.2) is 0 Å². The number of ketones is 2. The van der Waals surface area contributed by atoms with E-state index in [4.69, 9.17) is 20.9 Å². The van der Waals surface area contributed by atoms with E-state index in [1.54, 1.807) is 97.1 Å². The predicted octanol–water partition coefficient (Wildman–Crippen LogP) is 5.88. The van der Waals surface area contributed by atoms with E-state index < -0.39 is 0 Å². The topological polar surface area (TPSA) is 129 Å². The third kappa shape index (κ3) is 6.00. The summed E-state index contributed by atoms with van der Waals surface area (Å²) in [5.74, 6) is 1.91. The molecule has 0 saturated carbocycles. The highest BCUT2D eigenvalue weighted by atomic mass is 16.5. The maximum absolute atomic E-state index is 12.7. The van der Waals surface area contributed by atoms with E-state index in [0.717, 1.165) is 0 Å². The largest absolute Gasteiger partial charge is 0.457 e. The second-order valence-electron chi connectivity index (χ2n) is 8.49. The van der Waals surface area contributed by atoms with Crippen LogP contribution in [0.4, 0.5) is 22.7 Å². The quantitative estimate of drug-likeness (QED) is 0.173. The van der Waals surface area contributed by atoms with E-state index in [1.807, 2.05) is 0 Å². The molecule has 0 heterocycles. The summed E-state index contributed by atoms with van der Waals surface area (Å²) in [5.41, 5.74) is 14.3. The fourth-order valence-electron chi connectivity index (χ4n) is 3.62. The molecule has 0 spiro atoms. The van der Waals surface area contributed by atoms with Crippen LogP contribution in [0.1, 0.15) is 0 Å². The minimum Gasteiger partial charge on any atom is -0.457 e. The summed E-state index contributed by atoms with van der Waals surface area (Å²) in [5, 5.41) is 6.00. The number of anilines is 4. The Labute approximate surface area is 219 Å². The van der Waals surface area contributed by atoms with Crippen LogP contribution in [0.5, 0.6) is 23.0 Å². The minimum atomic E-state index is -0.322. The summed E-state index contributed by atoms with van der Waals surface area (Å²) >= 11 is 0. The van der Waals surface area contributed by atoms with Crippen LogP contribution in [-0.4, -0.2) is 11.6 Å². The summed E-state index contributed by atoms with van der Waals surface area (Å²) in [4.78, 5) is 25.4. The molecule has 8 heteroatoms. The van der Waals surface area contributed by atoms with E-state index in [-0.39, 0.29) is 23.0 Å². The van der Waals surface area contributed by atoms with Crippen LogP contribution in [0, 0.1) is 0 Å². The molecule has 6 N–H and O–H groups in total. The molecule has 0 radical (unpaired) electrons. The average Bonchev–Trinajstić information content (AvgIpc) is 2.92. The number of hydrogen-bond donors (Lipinski definition) is 4. The first-order valence-corrected chi connectivity index (χ1v) is 11.7. The first-order valence-electron chi connectivity index (χ1n) is 11.7. The van der Waals surface area contributed by atoms with Crippen LogP contribution in [0.15, 0.2) is 121 Å². The van der Waals surface area contributed by atoms with Crippen molar-refractivity contribution in [1.82, 2.24) is 0 Å². The maximum Gasteiger partial charge on any atom is 0.204 e. The summed E-state index contributed by atoms with van der Waals surface area (Å²) in [7, 11) is 0. The Kier molecular flexibility index (Phi) is 6.77. The standard InChI is InChI=1S/C30H24N4O4/c31-19-1-9-23(10-2-19)37-25-13-5-21(6-14-25)33-27-17-30(36)28(18-29(27)35)34-22-7-15-26(16-8-22)38-24-11-3-20(32)4-12-24/h1-18,33-34H,31-32H2.